The van der Waals surface area contributed by atoms with Crippen molar-refractivity contribution in [3.8, 4) is 0 Å². The van der Waals surface area contributed by atoms with Crippen LogP contribution in [-0.2, 0) is 4.79 Å². The van der Waals surface area contributed by atoms with Crippen LogP contribution < -0.4 is 16.8 Å². The van der Waals surface area contributed by atoms with Crippen molar-refractivity contribution in [3.05, 3.63) is 23.9 Å². The van der Waals surface area contributed by atoms with E-state index >= 15 is 0 Å². The number of thiocarbonyl (C=S) groups is 1. The summed E-state index contributed by atoms with van der Waals surface area (Å²) in [5.41, 5.74) is 11.0. The molecule has 1 aromatic heterocycles. The van der Waals surface area contributed by atoms with E-state index in [1.54, 1.807) is 12.1 Å². The number of nitrogens with two attached hydrogens (primary N) is 2. The number of aromatic nitrogens is 1. The van der Waals surface area contributed by atoms with Crippen LogP contribution in [0.4, 0.5) is 5.82 Å². The monoisotopic (exact) mass is 210 g/mol. The molecule has 1 amide bonds. The maximum absolute atomic E-state index is 10.4. The maximum atomic E-state index is 10.4. The second-order valence-corrected chi connectivity index (χ2v) is 3.06. The van der Waals surface area contributed by atoms with Crippen molar-refractivity contribution in [1.82, 2.24) is 4.98 Å². The van der Waals surface area contributed by atoms with Crippen molar-refractivity contribution in [2.45, 2.75) is 0 Å². The minimum Gasteiger partial charge on any atom is -0.389 e. The van der Waals surface area contributed by atoms with Crippen LogP contribution in [0, 0.1) is 0 Å². The molecule has 0 aliphatic heterocycles. The largest absolute Gasteiger partial charge is 0.389 e. The second kappa shape index (κ2) is 4.52. The SMILES string of the molecule is NC(=O)CNc1ccc(C(N)=S)cn1. The lowest BCUT2D eigenvalue weighted by molar-refractivity contribution is -0.116. The summed E-state index contributed by atoms with van der Waals surface area (Å²) in [4.78, 5) is 14.7. The Morgan fingerprint density at radius 3 is 2.64 bits per heavy atom. The fraction of sp³-hybridized carbons (Fsp3) is 0.125. The molecule has 0 aromatic carbocycles. The second-order valence-electron chi connectivity index (χ2n) is 2.62. The van der Waals surface area contributed by atoms with E-state index in [0.29, 0.717) is 16.4 Å². The Hall–Kier alpha value is -1.69. The number of nitrogens with zero attached hydrogens (tertiary/aromatic N) is 1. The van der Waals surface area contributed by atoms with E-state index in [1.165, 1.54) is 6.20 Å². The van der Waals surface area contributed by atoms with Gasteiger partial charge in [0.15, 0.2) is 0 Å². The molecule has 0 spiro atoms. The fourth-order valence-corrected chi connectivity index (χ4v) is 0.943. The van der Waals surface area contributed by atoms with Gasteiger partial charge in [0, 0.05) is 11.8 Å². The third-order valence-electron chi connectivity index (χ3n) is 1.49. The molecule has 74 valence electrons. The number of hydrogen-bond donors (Lipinski definition) is 3. The molecule has 0 atom stereocenters. The highest BCUT2D eigenvalue weighted by Gasteiger charge is 1.98. The van der Waals surface area contributed by atoms with Gasteiger partial charge in [0.25, 0.3) is 0 Å². The van der Waals surface area contributed by atoms with Gasteiger partial charge < -0.3 is 16.8 Å². The fourth-order valence-electron chi connectivity index (χ4n) is 0.822. The number of carbonyl (C=O) groups is 1. The maximum Gasteiger partial charge on any atom is 0.236 e. The van der Waals surface area contributed by atoms with Gasteiger partial charge in [0.05, 0.1) is 6.54 Å². The van der Waals surface area contributed by atoms with Gasteiger partial charge >= 0.3 is 0 Å². The summed E-state index contributed by atoms with van der Waals surface area (Å²) in [5.74, 6) is 0.119. The Kier molecular flexibility index (Phi) is 3.35. The van der Waals surface area contributed by atoms with Crippen LogP contribution in [0.1, 0.15) is 5.56 Å². The number of pyridine rings is 1. The number of rotatable bonds is 4. The van der Waals surface area contributed by atoms with Gasteiger partial charge in [-0.05, 0) is 12.1 Å². The van der Waals surface area contributed by atoms with Crippen LogP contribution in [0.5, 0.6) is 0 Å². The molecule has 1 aromatic rings. The number of nitrogens with one attached hydrogen (secondary N) is 1. The summed E-state index contributed by atoms with van der Waals surface area (Å²) in [7, 11) is 0. The molecule has 5 nitrogen and oxygen atoms in total. The first-order chi connectivity index (χ1) is 6.59. The van der Waals surface area contributed by atoms with Crippen LogP contribution in [0.3, 0.4) is 0 Å². The van der Waals surface area contributed by atoms with E-state index in [4.69, 9.17) is 23.7 Å². The summed E-state index contributed by atoms with van der Waals surface area (Å²) < 4.78 is 0. The summed E-state index contributed by atoms with van der Waals surface area (Å²) in [6, 6.07) is 3.40. The first-order valence-corrected chi connectivity index (χ1v) is 4.28. The zero-order chi connectivity index (χ0) is 10.6. The lowest BCUT2D eigenvalue weighted by Crippen LogP contribution is -2.22. The van der Waals surface area contributed by atoms with Crippen molar-refractivity contribution in [3.63, 3.8) is 0 Å². The Bertz CT molecular complexity index is 349. The first-order valence-electron chi connectivity index (χ1n) is 3.87. The predicted octanol–water partition coefficient (Wildman–Crippen LogP) is -0.387. The average Bonchev–Trinajstić information content (AvgIpc) is 2.15. The van der Waals surface area contributed by atoms with Gasteiger partial charge in [-0.3, -0.25) is 4.79 Å². The van der Waals surface area contributed by atoms with Gasteiger partial charge in [-0.2, -0.15) is 0 Å². The van der Waals surface area contributed by atoms with Crippen LogP contribution in [0.15, 0.2) is 18.3 Å². The van der Waals surface area contributed by atoms with E-state index < -0.39 is 5.91 Å². The number of carbonyl (C=O) groups excluding carboxylic acids is 1. The average molecular weight is 210 g/mol. The summed E-state index contributed by atoms with van der Waals surface area (Å²) in [6.07, 6.45) is 1.53. The van der Waals surface area contributed by atoms with Crippen molar-refractivity contribution < 1.29 is 4.79 Å². The predicted molar refractivity (Wildman–Crippen MR) is 57.8 cm³/mol. The lowest BCUT2D eigenvalue weighted by Gasteiger charge is -2.03. The quantitative estimate of drug-likeness (QED) is 0.588. The van der Waals surface area contributed by atoms with E-state index in [2.05, 4.69) is 10.3 Å². The highest BCUT2D eigenvalue weighted by molar-refractivity contribution is 7.80. The zero-order valence-electron chi connectivity index (χ0n) is 7.36. The molecular weight excluding hydrogens is 200 g/mol. The Labute approximate surface area is 86.5 Å². The number of hydrogen-bond acceptors (Lipinski definition) is 4. The molecule has 1 heterocycles. The van der Waals surface area contributed by atoms with Gasteiger partial charge in [-0.1, -0.05) is 12.2 Å². The zero-order valence-corrected chi connectivity index (χ0v) is 8.17. The third-order valence-corrected chi connectivity index (χ3v) is 1.73. The van der Waals surface area contributed by atoms with E-state index in [0.717, 1.165) is 0 Å². The molecule has 14 heavy (non-hydrogen) atoms. The molecule has 0 saturated carbocycles. The minimum atomic E-state index is -0.440. The summed E-state index contributed by atoms with van der Waals surface area (Å²) in [5, 5.41) is 2.74. The van der Waals surface area contributed by atoms with Crippen molar-refractivity contribution in [1.29, 1.82) is 0 Å². The highest BCUT2D eigenvalue weighted by Crippen LogP contribution is 2.04. The normalized spacial score (nSPS) is 9.43. The Morgan fingerprint density at radius 2 is 2.21 bits per heavy atom. The molecule has 0 radical (unpaired) electrons. The molecule has 0 aliphatic rings. The molecule has 0 bridgehead atoms. The molecule has 0 fully saturated rings. The van der Waals surface area contributed by atoms with Gasteiger partial charge in [0.1, 0.15) is 10.8 Å². The van der Waals surface area contributed by atoms with Gasteiger partial charge in [0.2, 0.25) is 5.91 Å². The van der Waals surface area contributed by atoms with Crippen LogP contribution in [-0.4, -0.2) is 22.4 Å². The lowest BCUT2D eigenvalue weighted by atomic mass is 10.3. The Morgan fingerprint density at radius 1 is 1.50 bits per heavy atom. The van der Waals surface area contributed by atoms with E-state index in [1.807, 2.05) is 0 Å². The van der Waals surface area contributed by atoms with Crippen molar-refractivity contribution >= 4 is 28.9 Å². The molecule has 5 N–H and O–H groups in total. The third kappa shape index (κ3) is 2.98. The Balaban J connectivity index is 2.64. The molecule has 1 rings (SSSR count). The van der Waals surface area contributed by atoms with Crippen LogP contribution in [0.2, 0.25) is 0 Å². The summed E-state index contributed by atoms with van der Waals surface area (Å²) in [6.45, 7) is 0.0550. The van der Waals surface area contributed by atoms with Crippen LogP contribution in [0.25, 0.3) is 0 Å². The van der Waals surface area contributed by atoms with Crippen LogP contribution >= 0.6 is 12.2 Å². The van der Waals surface area contributed by atoms with Gasteiger partial charge in [-0.25, -0.2) is 4.98 Å². The van der Waals surface area contributed by atoms with Crippen molar-refractivity contribution in [2.75, 3.05) is 11.9 Å². The molecule has 0 saturated heterocycles. The van der Waals surface area contributed by atoms with Gasteiger partial charge in [-0.15, -0.1) is 0 Å². The standard InChI is InChI=1S/C8H10N4OS/c9-6(13)4-12-7-2-1-5(3-11-7)8(10)14/h1-3H,4H2,(H2,9,13)(H2,10,14)(H,11,12). The van der Waals surface area contributed by atoms with E-state index in [-0.39, 0.29) is 6.54 Å². The molecular formula is C8H10N4OS. The number of anilines is 1. The van der Waals surface area contributed by atoms with Crippen molar-refractivity contribution in [2.24, 2.45) is 11.5 Å². The topological polar surface area (TPSA) is 94.0 Å². The smallest absolute Gasteiger partial charge is 0.236 e. The molecule has 6 heteroatoms. The summed E-state index contributed by atoms with van der Waals surface area (Å²) >= 11 is 4.75. The van der Waals surface area contributed by atoms with E-state index in [9.17, 15) is 4.79 Å². The highest BCUT2D eigenvalue weighted by atomic mass is 32.1. The number of amides is 1. The molecule has 0 unspecified atom stereocenters. The molecule has 0 aliphatic carbocycles. The number of primary amides is 1. The minimum absolute atomic E-state index is 0.0550. The first kappa shape index (κ1) is 10.4.